The van der Waals surface area contributed by atoms with Crippen molar-refractivity contribution in [2.45, 2.75) is 39.5 Å². The van der Waals surface area contributed by atoms with Crippen molar-refractivity contribution in [3.8, 4) is 0 Å². The average Bonchev–Trinajstić information content (AvgIpc) is 2.47. The molecule has 3 heteroatoms. The average molecular weight is 272 g/mol. The van der Waals surface area contributed by atoms with Crippen LogP contribution in [0.3, 0.4) is 0 Å². The predicted octanol–water partition coefficient (Wildman–Crippen LogP) is 3.92. The summed E-state index contributed by atoms with van der Waals surface area (Å²) in [7, 11) is 1.70. The molecule has 1 aromatic rings. The van der Waals surface area contributed by atoms with E-state index in [9.17, 15) is 4.79 Å². The van der Waals surface area contributed by atoms with Gasteiger partial charge in [-0.2, -0.15) is 0 Å². The molecular formula is C17H24N2O. The topological polar surface area (TPSA) is 41.5 Å². The first kappa shape index (κ1) is 16.2. The second-order valence-corrected chi connectivity index (χ2v) is 4.81. The standard InChI is InChI=1S/C17H24N2O/c1-5-9-14(12-18-4)19-17(20)16-11-8-7-10-15(16)13(3)6-2/h7-13H,5-6H2,1-4H3,(H,19,20)/b14-9+,18-12?. The zero-order chi connectivity index (χ0) is 15.0. The fourth-order valence-corrected chi connectivity index (χ4v) is 2.05. The summed E-state index contributed by atoms with van der Waals surface area (Å²) in [6.45, 7) is 6.30. The molecule has 108 valence electrons. The molecule has 20 heavy (non-hydrogen) atoms. The molecule has 1 amide bonds. The molecule has 0 saturated heterocycles. The lowest BCUT2D eigenvalue weighted by Gasteiger charge is -2.14. The number of amides is 1. The maximum absolute atomic E-state index is 12.4. The number of rotatable bonds is 6. The lowest BCUT2D eigenvalue weighted by Crippen LogP contribution is -2.25. The van der Waals surface area contributed by atoms with Crippen molar-refractivity contribution in [3.63, 3.8) is 0 Å². The van der Waals surface area contributed by atoms with Crippen molar-refractivity contribution in [2.75, 3.05) is 7.05 Å². The van der Waals surface area contributed by atoms with Gasteiger partial charge in [0.1, 0.15) is 0 Å². The van der Waals surface area contributed by atoms with Gasteiger partial charge in [0, 0.05) is 18.8 Å². The Kier molecular flexibility index (Phi) is 6.71. The number of nitrogens with zero attached hydrogens (tertiary/aromatic N) is 1. The van der Waals surface area contributed by atoms with Crippen LogP contribution in [-0.2, 0) is 0 Å². The van der Waals surface area contributed by atoms with E-state index >= 15 is 0 Å². The zero-order valence-corrected chi connectivity index (χ0v) is 12.8. The van der Waals surface area contributed by atoms with Crippen LogP contribution >= 0.6 is 0 Å². The number of aliphatic imine (C=N–C) groups is 1. The summed E-state index contributed by atoms with van der Waals surface area (Å²) in [5.74, 6) is 0.302. The third-order valence-electron chi connectivity index (χ3n) is 3.30. The minimum atomic E-state index is -0.0690. The van der Waals surface area contributed by atoms with Crippen LogP contribution in [0.1, 0.15) is 55.5 Å². The summed E-state index contributed by atoms with van der Waals surface area (Å²) >= 11 is 0. The monoisotopic (exact) mass is 272 g/mol. The third kappa shape index (κ3) is 4.34. The van der Waals surface area contributed by atoms with E-state index in [1.807, 2.05) is 37.3 Å². The van der Waals surface area contributed by atoms with E-state index in [2.05, 4.69) is 24.2 Å². The molecule has 0 aromatic heterocycles. The fourth-order valence-electron chi connectivity index (χ4n) is 2.05. The van der Waals surface area contributed by atoms with Crippen molar-refractivity contribution in [3.05, 3.63) is 47.2 Å². The van der Waals surface area contributed by atoms with E-state index in [0.717, 1.165) is 29.7 Å². The number of carbonyl (C=O) groups excluding carboxylic acids is 1. The van der Waals surface area contributed by atoms with Gasteiger partial charge < -0.3 is 5.32 Å². The van der Waals surface area contributed by atoms with Gasteiger partial charge in [-0.25, -0.2) is 0 Å². The Labute approximate surface area is 121 Å². The van der Waals surface area contributed by atoms with Gasteiger partial charge in [0.25, 0.3) is 5.91 Å². The SMILES string of the molecule is CC/C=C(\C=NC)NC(=O)c1ccccc1C(C)CC. The van der Waals surface area contributed by atoms with Crippen molar-refractivity contribution in [1.29, 1.82) is 0 Å². The van der Waals surface area contributed by atoms with Crippen LogP contribution in [0, 0.1) is 0 Å². The minimum absolute atomic E-state index is 0.0690. The van der Waals surface area contributed by atoms with Crippen LogP contribution < -0.4 is 5.32 Å². The summed E-state index contributed by atoms with van der Waals surface area (Å²) in [5, 5.41) is 2.93. The quantitative estimate of drug-likeness (QED) is 0.783. The first-order chi connectivity index (χ1) is 9.63. The molecule has 1 rings (SSSR count). The first-order valence-corrected chi connectivity index (χ1v) is 7.16. The number of allylic oxidation sites excluding steroid dienone is 2. The predicted molar refractivity (Wildman–Crippen MR) is 85.4 cm³/mol. The van der Waals surface area contributed by atoms with Gasteiger partial charge in [0.15, 0.2) is 0 Å². The van der Waals surface area contributed by atoms with Gasteiger partial charge in [0.2, 0.25) is 0 Å². The van der Waals surface area contributed by atoms with E-state index in [1.54, 1.807) is 13.3 Å². The van der Waals surface area contributed by atoms with Crippen LogP contribution in [0.4, 0.5) is 0 Å². The Morgan fingerprint density at radius 1 is 1.35 bits per heavy atom. The summed E-state index contributed by atoms with van der Waals surface area (Å²) in [4.78, 5) is 16.4. The van der Waals surface area contributed by atoms with Crippen LogP contribution in [0.2, 0.25) is 0 Å². The van der Waals surface area contributed by atoms with Crippen molar-refractivity contribution < 1.29 is 4.79 Å². The van der Waals surface area contributed by atoms with Gasteiger partial charge in [-0.1, -0.05) is 45.0 Å². The Balaban J connectivity index is 3.00. The maximum atomic E-state index is 12.4. The van der Waals surface area contributed by atoms with E-state index in [-0.39, 0.29) is 5.91 Å². The highest BCUT2D eigenvalue weighted by molar-refractivity contribution is 6.00. The molecule has 0 heterocycles. The molecular weight excluding hydrogens is 248 g/mol. The largest absolute Gasteiger partial charge is 0.321 e. The van der Waals surface area contributed by atoms with Crippen molar-refractivity contribution >= 4 is 12.1 Å². The molecule has 3 nitrogen and oxygen atoms in total. The highest BCUT2D eigenvalue weighted by atomic mass is 16.1. The Morgan fingerprint density at radius 2 is 2.05 bits per heavy atom. The molecule has 0 bridgehead atoms. The van der Waals surface area contributed by atoms with Gasteiger partial charge >= 0.3 is 0 Å². The van der Waals surface area contributed by atoms with Crippen LogP contribution in [0.15, 0.2) is 41.0 Å². The molecule has 0 aliphatic heterocycles. The second-order valence-electron chi connectivity index (χ2n) is 4.81. The zero-order valence-electron chi connectivity index (χ0n) is 12.8. The molecule has 1 atom stereocenters. The molecule has 0 spiro atoms. The molecule has 0 radical (unpaired) electrons. The van der Waals surface area contributed by atoms with E-state index < -0.39 is 0 Å². The molecule has 1 aromatic carbocycles. The number of nitrogens with one attached hydrogen (secondary N) is 1. The molecule has 0 aliphatic rings. The van der Waals surface area contributed by atoms with Crippen molar-refractivity contribution in [2.24, 2.45) is 4.99 Å². The van der Waals surface area contributed by atoms with Crippen LogP contribution in [-0.4, -0.2) is 19.2 Å². The Bertz CT molecular complexity index is 503. The summed E-state index contributed by atoms with van der Waals surface area (Å²) in [6.07, 6.45) is 5.50. The fraction of sp³-hybridized carbons (Fsp3) is 0.412. The first-order valence-electron chi connectivity index (χ1n) is 7.16. The minimum Gasteiger partial charge on any atom is -0.321 e. The van der Waals surface area contributed by atoms with E-state index in [1.165, 1.54) is 0 Å². The maximum Gasteiger partial charge on any atom is 0.255 e. The smallest absolute Gasteiger partial charge is 0.255 e. The lowest BCUT2D eigenvalue weighted by molar-refractivity contribution is 0.0966. The summed E-state index contributed by atoms with van der Waals surface area (Å²) < 4.78 is 0. The van der Waals surface area contributed by atoms with Crippen LogP contribution in [0.25, 0.3) is 0 Å². The molecule has 0 saturated carbocycles. The Hall–Kier alpha value is -1.90. The van der Waals surface area contributed by atoms with E-state index in [4.69, 9.17) is 0 Å². The van der Waals surface area contributed by atoms with E-state index in [0.29, 0.717) is 5.92 Å². The van der Waals surface area contributed by atoms with Crippen LogP contribution in [0.5, 0.6) is 0 Å². The molecule has 0 fully saturated rings. The summed E-state index contributed by atoms with van der Waals surface area (Å²) in [6, 6.07) is 7.79. The van der Waals surface area contributed by atoms with Gasteiger partial charge in [-0.05, 0) is 30.4 Å². The molecule has 1 N–H and O–H groups in total. The Morgan fingerprint density at radius 3 is 2.65 bits per heavy atom. The number of carbonyl (C=O) groups is 1. The van der Waals surface area contributed by atoms with Gasteiger partial charge in [-0.15, -0.1) is 0 Å². The highest BCUT2D eigenvalue weighted by Gasteiger charge is 2.14. The molecule has 1 unspecified atom stereocenters. The number of benzene rings is 1. The summed E-state index contributed by atoms with van der Waals surface area (Å²) in [5.41, 5.74) is 2.59. The number of hydrogen-bond acceptors (Lipinski definition) is 2. The van der Waals surface area contributed by atoms with Gasteiger partial charge in [0.05, 0.1) is 5.70 Å². The second kappa shape index (κ2) is 8.31. The lowest BCUT2D eigenvalue weighted by atomic mass is 9.93. The van der Waals surface area contributed by atoms with Crippen molar-refractivity contribution in [1.82, 2.24) is 5.32 Å². The van der Waals surface area contributed by atoms with Gasteiger partial charge in [-0.3, -0.25) is 9.79 Å². The third-order valence-corrected chi connectivity index (χ3v) is 3.30. The highest BCUT2D eigenvalue weighted by Crippen LogP contribution is 2.22. The number of hydrogen-bond donors (Lipinski definition) is 1. The normalized spacial score (nSPS) is 13.5. The molecule has 0 aliphatic carbocycles.